The number of rotatable bonds is 6. The summed E-state index contributed by atoms with van der Waals surface area (Å²) in [6.07, 6.45) is 8.50. The average molecular weight is 362 g/mol. The molecular weight excluding hydrogens is 326 g/mol. The van der Waals surface area contributed by atoms with E-state index in [1.807, 2.05) is 6.20 Å². The summed E-state index contributed by atoms with van der Waals surface area (Å²) in [5.41, 5.74) is 0. The lowest BCUT2D eigenvalue weighted by molar-refractivity contribution is -0.138. The van der Waals surface area contributed by atoms with Gasteiger partial charge in [-0.15, -0.1) is 0 Å². The number of likely N-dealkylation sites (tertiary alicyclic amines) is 1. The van der Waals surface area contributed by atoms with Crippen molar-refractivity contribution in [3.8, 4) is 0 Å². The van der Waals surface area contributed by atoms with Crippen molar-refractivity contribution in [1.82, 2.24) is 24.3 Å². The predicted octanol–water partition coefficient (Wildman–Crippen LogP) is 2.03. The van der Waals surface area contributed by atoms with Gasteiger partial charge in [0.25, 0.3) is 0 Å². The van der Waals surface area contributed by atoms with Crippen molar-refractivity contribution in [2.75, 3.05) is 46.3 Å². The van der Waals surface area contributed by atoms with Crippen molar-refractivity contribution in [3.05, 3.63) is 18.2 Å². The third-order valence-corrected chi connectivity index (χ3v) is 6.12. The molecule has 2 aliphatic heterocycles. The lowest BCUT2D eigenvalue weighted by atomic mass is 9.95. The van der Waals surface area contributed by atoms with E-state index in [1.54, 1.807) is 0 Å². The topological polar surface area (TPSA) is 44.6 Å². The van der Waals surface area contributed by atoms with Gasteiger partial charge in [-0.05, 0) is 33.2 Å². The fraction of sp³-hybridized carbons (Fsp3) is 0.800. The highest BCUT2D eigenvalue weighted by molar-refractivity contribution is 5.81. The molecule has 1 atom stereocenters. The second kappa shape index (κ2) is 9.00. The lowest BCUT2D eigenvalue weighted by Gasteiger charge is -2.39. The Morgan fingerprint density at radius 3 is 2.54 bits per heavy atom. The quantitative estimate of drug-likeness (QED) is 0.778. The van der Waals surface area contributed by atoms with Crippen LogP contribution in [0.5, 0.6) is 0 Å². The summed E-state index contributed by atoms with van der Waals surface area (Å²) in [5.74, 6) is 2.02. The van der Waals surface area contributed by atoms with E-state index < -0.39 is 0 Å². The second-order valence-electron chi connectivity index (χ2n) is 7.95. The minimum absolute atomic E-state index is 0.00629. The van der Waals surface area contributed by atoms with Crippen molar-refractivity contribution >= 4 is 5.91 Å². The summed E-state index contributed by atoms with van der Waals surface area (Å²) >= 11 is 0. The van der Waals surface area contributed by atoms with Gasteiger partial charge < -0.3 is 14.4 Å². The van der Waals surface area contributed by atoms with Crippen molar-refractivity contribution < 1.29 is 4.79 Å². The molecule has 2 fully saturated rings. The summed E-state index contributed by atoms with van der Waals surface area (Å²) in [4.78, 5) is 24.3. The van der Waals surface area contributed by atoms with E-state index in [0.29, 0.717) is 11.8 Å². The second-order valence-corrected chi connectivity index (χ2v) is 7.95. The fourth-order valence-electron chi connectivity index (χ4n) is 4.19. The standard InChI is InChI=1S/C20H35N5O/c1-4-5-9-24-12-8-21-19(24)18-6-10-25(11-7-18)20(26)17(2)23-15-13-22(3)14-16-23/h8,12,17-18H,4-7,9-11,13-16H2,1-3H3. The zero-order valence-electron chi connectivity index (χ0n) is 16.7. The first-order valence-corrected chi connectivity index (χ1v) is 10.3. The maximum Gasteiger partial charge on any atom is 0.239 e. The van der Waals surface area contributed by atoms with Gasteiger partial charge in [-0.1, -0.05) is 13.3 Å². The largest absolute Gasteiger partial charge is 0.341 e. The molecule has 2 saturated heterocycles. The first-order valence-electron chi connectivity index (χ1n) is 10.3. The number of hydrogen-bond acceptors (Lipinski definition) is 4. The van der Waals surface area contributed by atoms with Crippen LogP contribution >= 0.6 is 0 Å². The predicted molar refractivity (Wildman–Crippen MR) is 104 cm³/mol. The molecule has 0 aromatic carbocycles. The van der Waals surface area contributed by atoms with Crippen molar-refractivity contribution in [1.29, 1.82) is 0 Å². The molecule has 6 heteroatoms. The van der Waals surface area contributed by atoms with Crippen molar-refractivity contribution in [2.24, 2.45) is 0 Å². The molecule has 1 aromatic heterocycles. The molecule has 0 spiro atoms. The third-order valence-electron chi connectivity index (χ3n) is 6.12. The van der Waals surface area contributed by atoms with Crippen LogP contribution in [0.1, 0.15) is 51.3 Å². The fourth-order valence-corrected chi connectivity index (χ4v) is 4.19. The Labute approximate surface area is 158 Å². The van der Waals surface area contributed by atoms with E-state index in [9.17, 15) is 4.79 Å². The van der Waals surface area contributed by atoms with Gasteiger partial charge >= 0.3 is 0 Å². The Bertz CT molecular complexity index is 571. The monoisotopic (exact) mass is 361 g/mol. The number of likely N-dealkylation sites (N-methyl/N-ethyl adjacent to an activating group) is 1. The maximum absolute atomic E-state index is 12.9. The molecule has 146 valence electrons. The highest BCUT2D eigenvalue weighted by Gasteiger charge is 2.31. The zero-order valence-corrected chi connectivity index (χ0v) is 16.7. The van der Waals surface area contributed by atoms with Crippen LogP contribution in [0, 0.1) is 0 Å². The van der Waals surface area contributed by atoms with Crippen LogP contribution in [0.15, 0.2) is 12.4 Å². The van der Waals surface area contributed by atoms with E-state index in [-0.39, 0.29) is 6.04 Å². The van der Waals surface area contributed by atoms with Crippen LogP contribution in [0.2, 0.25) is 0 Å². The van der Waals surface area contributed by atoms with Gasteiger partial charge in [-0.2, -0.15) is 0 Å². The van der Waals surface area contributed by atoms with Gasteiger partial charge in [0.2, 0.25) is 5.91 Å². The molecule has 0 N–H and O–H groups in total. The molecule has 0 saturated carbocycles. The average Bonchev–Trinajstić information content (AvgIpc) is 3.14. The summed E-state index contributed by atoms with van der Waals surface area (Å²) in [6, 6.07) is 0.00629. The number of carbonyl (C=O) groups is 1. The van der Waals surface area contributed by atoms with Gasteiger partial charge in [0.15, 0.2) is 0 Å². The number of aromatic nitrogens is 2. The first-order chi connectivity index (χ1) is 12.6. The molecule has 6 nitrogen and oxygen atoms in total. The molecule has 3 heterocycles. The molecule has 0 radical (unpaired) electrons. The number of hydrogen-bond donors (Lipinski definition) is 0. The first kappa shape index (κ1) is 19.4. The Kier molecular flexibility index (Phi) is 6.70. The van der Waals surface area contributed by atoms with Crippen LogP contribution in [0.3, 0.4) is 0 Å². The number of amides is 1. The molecule has 3 rings (SSSR count). The molecule has 1 aromatic rings. The summed E-state index contributed by atoms with van der Waals surface area (Å²) < 4.78 is 2.32. The summed E-state index contributed by atoms with van der Waals surface area (Å²) in [7, 11) is 2.15. The maximum atomic E-state index is 12.9. The number of unbranched alkanes of at least 4 members (excludes halogenated alkanes) is 1. The number of piperazine rings is 1. The smallest absolute Gasteiger partial charge is 0.239 e. The Morgan fingerprint density at radius 1 is 1.19 bits per heavy atom. The molecule has 26 heavy (non-hydrogen) atoms. The number of nitrogens with zero attached hydrogens (tertiary/aromatic N) is 5. The Morgan fingerprint density at radius 2 is 1.88 bits per heavy atom. The van der Waals surface area contributed by atoms with Gasteiger partial charge in [0.1, 0.15) is 5.82 Å². The minimum atomic E-state index is 0.00629. The van der Waals surface area contributed by atoms with Gasteiger partial charge in [0, 0.05) is 64.1 Å². The SMILES string of the molecule is CCCCn1ccnc1C1CCN(C(=O)C(C)N2CCN(C)CC2)CC1. The van der Waals surface area contributed by atoms with Crippen LogP contribution in [0.25, 0.3) is 0 Å². The minimum Gasteiger partial charge on any atom is -0.341 e. The number of aryl methyl sites for hydroxylation is 1. The zero-order chi connectivity index (χ0) is 18.5. The molecular formula is C20H35N5O. The van der Waals surface area contributed by atoms with Crippen LogP contribution in [0.4, 0.5) is 0 Å². The van der Waals surface area contributed by atoms with E-state index in [1.165, 1.54) is 18.7 Å². The lowest BCUT2D eigenvalue weighted by Crippen LogP contribution is -2.54. The number of carbonyl (C=O) groups excluding carboxylic acids is 1. The van der Waals surface area contributed by atoms with Crippen LogP contribution in [-0.2, 0) is 11.3 Å². The number of piperidine rings is 1. The van der Waals surface area contributed by atoms with Gasteiger partial charge in [0.05, 0.1) is 6.04 Å². The third kappa shape index (κ3) is 4.46. The van der Waals surface area contributed by atoms with E-state index >= 15 is 0 Å². The van der Waals surface area contributed by atoms with Gasteiger partial charge in [-0.3, -0.25) is 9.69 Å². The Hall–Kier alpha value is -1.40. The normalized spacial score (nSPS) is 21.9. The summed E-state index contributed by atoms with van der Waals surface area (Å²) in [5, 5.41) is 0. The molecule has 2 aliphatic rings. The van der Waals surface area contributed by atoms with E-state index in [0.717, 1.165) is 58.7 Å². The molecule has 1 amide bonds. The van der Waals surface area contributed by atoms with Crippen LogP contribution in [-0.4, -0.2) is 82.5 Å². The van der Waals surface area contributed by atoms with Gasteiger partial charge in [-0.25, -0.2) is 4.98 Å². The highest BCUT2D eigenvalue weighted by atomic mass is 16.2. The molecule has 0 bridgehead atoms. The summed E-state index contributed by atoms with van der Waals surface area (Å²) in [6.45, 7) is 11.2. The van der Waals surface area contributed by atoms with Crippen LogP contribution < -0.4 is 0 Å². The highest BCUT2D eigenvalue weighted by Crippen LogP contribution is 2.27. The van der Waals surface area contributed by atoms with Crippen molar-refractivity contribution in [2.45, 2.75) is 58.0 Å². The molecule has 0 aliphatic carbocycles. The van der Waals surface area contributed by atoms with E-state index in [2.05, 4.69) is 51.3 Å². The number of imidazole rings is 1. The van der Waals surface area contributed by atoms with E-state index in [4.69, 9.17) is 0 Å². The molecule has 1 unspecified atom stereocenters. The Balaban J connectivity index is 1.51. The van der Waals surface area contributed by atoms with Crippen molar-refractivity contribution in [3.63, 3.8) is 0 Å².